The van der Waals surface area contributed by atoms with E-state index in [4.69, 9.17) is 5.73 Å². The molecule has 2 heteroatoms. The van der Waals surface area contributed by atoms with E-state index in [1.54, 1.807) is 6.07 Å². The van der Waals surface area contributed by atoms with Gasteiger partial charge in [0, 0.05) is 12.0 Å². The fourth-order valence-electron chi connectivity index (χ4n) is 2.91. The second-order valence-electron chi connectivity index (χ2n) is 5.05. The molecule has 3 rings (SSSR count). The summed E-state index contributed by atoms with van der Waals surface area (Å²) < 4.78 is 0. The maximum absolute atomic E-state index is 9.52. The van der Waals surface area contributed by atoms with E-state index in [2.05, 4.69) is 24.3 Å². The second kappa shape index (κ2) is 4.46. The number of phenols is 1. The van der Waals surface area contributed by atoms with E-state index in [-0.39, 0.29) is 6.04 Å². The first-order chi connectivity index (χ1) is 8.74. The molecule has 1 aliphatic carbocycles. The highest BCUT2D eigenvalue weighted by Gasteiger charge is 2.29. The van der Waals surface area contributed by atoms with Gasteiger partial charge in [0.25, 0.3) is 0 Å². The average molecular weight is 239 g/mol. The van der Waals surface area contributed by atoms with E-state index in [1.165, 1.54) is 11.1 Å². The van der Waals surface area contributed by atoms with Gasteiger partial charge in [-0.15, -0.1) is 0 Å². The van der Waals surface area contributed by atoms with E-state index in [0.717, 1.165) is 18.4 Å². The van der Waals surface area contributed by atoms with Gasteiger partial charge in [0.05, 0.1) is 0 Å². The van der Waals surface area contributed by atoms with Crippen molar-refractivity contribution in [3.8, 4) is 5.75 Å². The molecule has 18 heavy (non-hydrogen) atoms. The largest absolute Gasteiger partial charge is 0.508 e. The third-order valence-electron chi connectivity index (χ3n) is 3.79. The zero-order valence-corrected chi connectivity index (χ0v) is 10.2. The molecule has 2 aromatic rings. The van der Waals surface area contributed by atoms with Crippen LogP contribution in [0.4, 0.5) is 0 Å². The average Bonchev–Trinajstić information content (AvgIpc) is 2.66. The number of nitrogens with two attached hydrogens (primary N) is 1. The number of phenolic OH excluding ortho intramolecular Hbond substituents is 1. The van der Waals surface area contributed by atoms with Crippen LogP contribution in [0.1, 0.15) is 22.6 Å². The molecule has 0 saturated heterocycles. The fraction of sp³-hybridized carbons (Fsp3) is 0.250. The normalized spacial score (nSPS) is 21.8. The lowest BCUT2D eigenvalue weighted by Gasteiger charge is -2.17. The highest BCUT2D eigenvalue weighted by atomic mass is 16.3. The van der Waals surface area contributed by atoms with Gasteiger partial charge in [-0.2, -0.15) is 0 Å². The molecular formula is C16H17NO. The first-order valence-corrected chi connectivity index (χ1v) is 6.35. The Hall–Kier alpha value is -1.80. The number of rotatable bonds is 2. The minimum absolute atomic E-state index is 0.185. The molecule has 3 N–H and O–H groups in total. The van der Waals surface area contributed by atoms with Gasteiger partial charge in [0.15, 0.2) is 0 Å². The zero-order chi connectivity index (χ0) is 12.5. The molecule has 0 saturated carbocycles. The van der Waals surface area contributed by atoms with Gasteiger partial charge in [0.2, 0.25) is 0 Å². The molecule has 2 aromatic carbocycles. The van der Waals surface area contributed by atoms with Crippen molar-refractivity contribution in [2.45, 2.75) is 24.8 Å². The van der Waals surface area contributed by atoms with Crippen LogP contribution in [0.3, 0.4) is 0 Å². The molecule has 92 valence electrons. The summed E-state index contributed by atoms with van der Waals surface area (Å²) in [6.45, 7) is 0. The molecule has 2 nitrogen and oxygen atoms in total. The number of benzene rings is 2. The van der Waals surface area contributed by atoms with E-state index in [9.17, 15) is 5.11 Å². The Labute approximate surface area is 107 Å². The van der Waals surface area contributed by atoms with E-state index >= 15 is 0 Å². The third-order valence-corrected chi connectivity index (χ3v) is 3.79. The van der Waals surface area contributed by atoms with Crippen LogP contribution in [0.25, 0.3) is 0 Å². The number of hydrogen-bond donors (Lipinski definition) is 2. The molecule has 1 aliphatic rings. The molecule has 0 radical (unpaired) electrons. The molecule has 2 atom stereocenters. The summed E-state index contributed by atoms with van der Waals surface area (Å²) in [7, 11) is 0. The summed E-state index contributed by atoms with van der Waals surface area (Å²) in [6, 6.07) is 16.1. The van der Waals surface area contributed by atoms with E-state index in [0.29, 0.717) is 11.7 Å². The molecule has 0 heterocycles. The highest BCUT2D eigenvalue weighted by Crippen LogP contribution is 2.34. The van der Waals surface area contributed by atoms with Crippen LogP contribution < -0.4 is 5.73 Å². The lowest BCUT2D eigenvalue weighted by atomic mass is 9.91. The van der Waals surface area contributed by atoms with Crippen LogP contribution in [-0.2, 0) is 12.8 Å². The molecule has 0 aromatic heterocycles. The Kier molecular flexibility index (Phi) is 2.80. The monoisotopic (exact) mass is 239 g/mol. The third kappa shape index (κ3) is 2.00. The SMILES string of the molecule is NC1Cc2ccccc2C1Cc1cccc(O)c1. The topological polar surface area (TPSA) is 46.2 Å². The summed E-state index contributed by atoms with van der Waals surface area (Å²) in [5.74, 6) is 0.690. The Morgan fingerprint density at radius 1 is 1.11 bits per heavy atom. The van der Waals surface area contributed by atoms with Crippen molar-refractivity contribution in [3.05, 3.63) is 65.2 Å². The quantitative estimate of drug-likeness (QED) is 0.846. The molecule has 0 aliphatic heterocycles. The van der Waals surface area contributed by atoms with Crippen molar-refractivity contribution >= 4 is 0 Å². The molecule has 0 spiro atoms. The lowest BCUT2D eigenvalue weighted by Crippen LogP contribution is -2.26. The van der Waals surface area contributed by atoms with Crippen LogP contribution in [0, 0.1) is 0 Å². The van der Waals surface area contributed by atoms with Crippen LogP contribution in [-0.4, -0.2) is 11.1 Å². The second-order valence-corrected chi connectivity index (χ2v) is 5.05. The maximum Gasteiger partial charge on any atom is 0.115 e. The zero-order valence-electron chi connectivity index (χ0n) is 10.2. The van der Waals surface area contributed by atoms with Gasteiger partial charge < -0.3 is 10.8 Å². The van der Waals surface area contributed by atoms with Crippen molar-refractivity contribution in [1.29, 1.82) is 0 Å². The summed E-state index contributed by atoms with van der Waals surface area (Å²) in [4.78, 5) is 0. The van der Waals surface area contributed by atoms with Crippen molar-refractivity contribution in [3.63, 3.8) is 0 Å². The Morgan fingerprint density at radius 2 is 1.94 bits per heavy atom. The molecule has 0 fully saturated rings. The first kappa shape index (κ1) is 11.3. The smallest absolute Gasteiger partial charge is 0.115 e. The van der Waals surface area contributed by atoms with Crippen molar-refractivity contribution < 1.29 is 5.11 Å². The first-order valence-electron chi connectivity index (χ1n) is 6.35. The van der Waals surface area contributed by atoms with Gasteiger partial charge in [-0.05, 0) is 41.7 Å². The van der Waals surface area contributed by atoms with Crippen molar-refractivity contribution in [2.24, 2.45) is 5.73 Å². The van der Waals surface area contributed by atoms with Gasteiger partial charge in [-0.25, -0.2) is 0 Å². The molecular weight excluding hydrogens is 222 g/mol. The van der Waals surface area contributed by atoms with Crippen LogP contribution in [0.15, 0.2) is 48.5 Å². The van der Waals surface area contributed by atoms with Gasteiger partial charge >= 0.3 is 0 Å². The Balaban J connectivity index is 1.89. The number of aromatic hydroxyl groups is 1. The predicted octanol–water partition coefficient (Wildman–Crippen LogP) is 2.60. The standard InChI is InChI=1S/C16H17NO/c17-16-10-12-5-1-2-7-14(12)15(16)9-11-4-3-6-13(18)8-11/h1-8,15-16,18H,9-10,17H2. The Bertz CT molecular complexity index is 565. The number of fused-ring (bicyclic) bond motifs is 1. The van der Waals surface area contributed by atoms with Crippen molar-refractivity contribution in [2.75, 3.05) is 0 Å². The summed E-state index contributed by atoms with van der Waals surface area (Å²) >= 11 is 0. The van der Waals surface area contributed by atoms with Gasteiger partial charge in [-0.1, -0.05) is 36.4 Å². The maximum atomic E-state index is 9.52. The summed E-state index contributed by atoms with van der Waals surface area (Å²) in [5, 5.41) is 9.52. The Morgan fingerprint density at radius 3 is 2.78 bits per heavy atom. The van der Waals surface area contributed by atoms with Crippen LogP contribution in [0.2, 0.25) is 0 Å². The van der Waals surface area contributed by atoms with E-state index in [1.807, 2.05) is 18.2 Å². The van der Waals surface area contributed by atoms with E-state index < -0.39 is 0 Å². The number of hydrogen-bond acceptors (Lipinski definition) is 2. The molecule has 2 unspecified atom stereocenters. The van der Waals surface area contributed by atoms with Gasteiger partial charge in [0.1, 0.15) is 5.75 Å². The highest BCUT2D eigenvalue weighted by molar-refractivity contribution is 5.39. The molecule has 0 bridgehead atoms. The van der Waals surface area contributed by atoms with Crippen molar-refractivity contribution in [1.82, 2.24) is 0 Å². The van der Waals surface area contributed by atoms with Crippen LogP contribution in [0.5, 0.6) is 5.75 Å². The molecule has 0 amide bonds. The summed E-state index contributed by atoms with van der Waals surface area (Å²) in [5.41, 5.74) is 10.1. The minimum Gasteiger partial charge on any atom is -0.508 e. The minimum atomic E-state index is 0.185. The van der Waals surface area contributed by atoms with Gasteiger partial charge in [-0.3, -0.25) is 0 Å². The summed E-state index contributed by atoms with van der Waals surface area (Å²) in [6.07, 6.45) is 1.85. The van der Waals surface area contributed by atoms with Crippen LogP contribution >= 0.6 is 0 Å². The predicted molar refractivity (Wildman–Crippen MR) is 72.7 cm³/mol. The lowest BCUT2D eigenvalue weighted by molar-refractivity contribution is 0.473. The fourth-order valence-corrected chi connectivity index (χ4v) is 2.91.